The van der Waals surface area contributed by atoms with Gasteiger partial charge in [0.05, 0.1) is 10.6 Å². The van der Waals surface area contributed by atoms with E-state index in [2.05, 4.69) is 0 Å². The number of hydrogen-bond acceptors (Lipinski definition) is 2. The lowest BCUT2D eigenvalue weighted by Gasteiger charge is -2.11. The first-order valence-electron chi connectivity index (χ1n) is 5.73. The Bertz CT molecular complexity index is 688. The molecule has 0 spiro atoms. The minimum Gasteiger partial charge on any atom is -0.310 e. The van der Waals surface area contributed by atoms with E-state index in [9.17, 15) is 31.1 Å². The molecule has 1 amide bonds. The molecule has 0 fully saturated rings. The van der Waals surface area contributed by atoms with Gasteiger partial charge in [0, 0.05) is 10.4 Å². The summed E-state index contributed by atoms with van der Waals surface area (Å²) in [5.74, 6) is -2.18. The summed E-state index contributed by atoms with van der Waals surface area (Å²) >= 11 is 0.629. The quantitative estimate of drug-likeness (QED) is 0.772. The summed E-state index contributed by atoms with van der Waals surface area (Å²) in [7, 11) is 0. The fraction of sp³-hybridized carbons (Fsp3) is 0.154. The number of halogens is 6. The van der Waals surface area contributed by atoms with Crippen LogP contribution in [-0.4, -0.2) is 12.1 Å². The molecule has 0 bridgehead atoms. The summed E-state index contributed by atoms with van der Waals surface area (Å²) in [4.78, 5) is 10.9. The second-order valence-electron chi connectivity index (χ2n) is 4.16. The van der Waals surface area contributed by atoms with Gasteiger partial charge in [-0.25, -0.2) is 0 Å². The molecule has 0 radical (unpaired) electrons. The Morgan fingerprint density at radius 1 is 0.955 bits per heavy atom. The highest BCUT2D eigenvalue weighted by Crippen LogP contribution is 2.40. The Morgan fingerprint density at radius 3 is 2.18 bits per heavy atom. The van der Waals surface area contributed by atoms with Crippen molar-refractivity contribution in [1.29, 1.82) is 0 Å². The van der Waals surface area contributed by atoms with Crippen molar-refractivity contribution in [3.05, 3.63) is 42.0 Å². The maximum absolute atomic E-state index is 12.9. The van der Waals surface area contributed by atoms with Crippen LogP contribution in [0.25, 0.3) is 10.4 Å². The molecule has 2 rings (SSSR count). The molecule has 0 aliphatic carbocycles. The van der Waals surface area contributed by atoms with Gasteiger partial charge in [0.25, 0.3) is 0 Å². The normalized spacial score (nSPS) is 12.3. The van der Waals surface area contributed by atoms with Crippen molar-refractivity contribution >= 4 is 22.2 Å². The molecule has 0 unspecified atom stereocenters. The Balaban J connectivity index is 2.32. The average Bonchev–Trinajstić information content (AvgIpc) is 2.85. The molecular weight excluding hydrogens is 332 g/mol. The van der Waals surface area contributed by atoms with Crippen molar-refractivity contribution in [2.24, 2.45) is 0 Å². The second kappa shape index (κ2) is 5.64. The van der Waals surface area contributed by atoms with Crippen LogP contribution in [0.15, 0.2) is 36.4 Å². The molecule has 0 saturated carbocycles. The Hall–Kier alpha value is -2.03. The van der Waals surface area contributed by atoms with Gasteiger partial charge in [-0.1, -0.05) is 18.2 Å². The Kier molecular flexibility index (Phi) is 4.19. The summed E-state index contributed by atoms with van der Waals surface area (Å²) in [5, 5.41) is 1.42. The van der Waals surface area contributed by atoms with E-state index < -0.39 is 23.8 Å². The van der Waals surface area contributed by atoms with Crippen LogP contribution < -0.4 is 5.32 Å². The van der Waals surface area contributed by atoms with E-state index in [1.807, 2.05) is 0 Å². The largest absolute Gasteiger partial charge is 0.471 e. The lowest BCUT2D eigenvalue weighted by molar-refractivity contribution is -0.167. The van der Waals surface area contributed by atoms with E-state index in [0.29, 0.717) is 11.3 Å². The minimum atomic E-state index is -5.06. The summed E-state index contributed by atoms with van der Waals surface area (Å²) in [5.41, 5.74) is -1.06. The van der Waals surface area contributed by atoms with Gasteiger partial charge in [-0.3, -0.25) is 4.79 Å². The summed E-state index contributed by atoms with van der Waals surface area (Å²) < 4.78 is 75.1. The maximum atomic E-state index is 12.9. The van der Waals surface area contributed by atoms with Crippen molar-refractivity contribution in [3.8, 4) is 10.4 Å². The van der Waals surface area contributed by atoms with Gasteiger partial charge >= 0.3 is 18.3 Å². The lowest BCUT2D eigenvalue weighted by atomic mass is 10.1. The summed E-state index contributed by atoms with van der Waals surface area (Å²) in [6.45, 7) is 0. The zero-order valence-corrected chi connectivity index (χ0v) is 11.4. The number of nitrogens with one attached hydrogen (secondary N) is 1. The molecule has 0 aliphatic heterocycles. The molecule has 2 aromatic rings. The van der Waals surface area contributed by atoms with Gasteiger partial charge in [-0.05, 0) is 18.2 Å². The molecule has 0 saturated heterocycles. The first-order chi connectivity index (χ1) is 10.1. The molecule has 9 heteroatoms. The van der Waals surface area contributed by atoms with Crippen LogP contribution in [0.3, 0.4) is 0 Å². The molecule has 0 aliphatic rings. The highest BCUT2D eigenvalue weighted by molar-refractivity contribution is 7.19. The van der Waals surface area contributed by atoms with Crippen LogP contribution in [0, 0.1) is 0 Å². The van der Waals surface area contributed by atoms with Crippen molar-refractivity contribution in [3.63, 3.8) is 0 Å². The highest BCUT2D eigenvalue weighted by atomic mass is 32.1. The number of alkyl halides is 6. The third-order valence-corrected chi connectivity index (χ3v) is 3.63. The van der Waals surface area contributed by atoms with Gasteiger partial charge in [0.15, 0.2) is 0 Å². The number of amides is 1. The summed E-state index contributed by atoms with van der Waals surface area (Å²) in [6.07, 6.45) is -9.65. The monoisotopic (exact) mass is 339 g/mol. The zero-order chi connectivity index (χ0) is 16.5. The number of hydrogen-bond donors (Lipinski definition) is 1. The predicted octanol–water partition coefficient (Wildman–Crippen LogP) is 4.93. The molecule has 1 aromatic carbocycles. The van der Waals surface area contributed by atoms with Crippen molar-refractivity contribution in [1.82, 2.24) is 0 Å². The first-order valence-corrected chi connectivity index (χ1v) is 6.55. The third kappa shape index (κ3) is 3.59. The van der Waals surface area contributed by atoms with E-state index in [4.69, 9.17) is 0 Å². The van der Waals surface area contributed by atoms with E-state index in [1.165, 1.54) is 24.3 Å². The smallest absolute Gasteiger partial charge is 0.310 e. The van der Waals surface area contributed by atoms with Crippen LogP contribution in [0.1, 0.15) is 5.56 Å². The van der Waals surface area contributed by atoms with E-state index in [-0.39, 0.29) is 15.4 Å². The molecule has 1 aromatic heterocycles. The highest BCUT2D eigenvalue weighted by Gasteiger charge is 2.39. The number of carbonyl (C=O) groups is 1. The van der Waals surface area contributed by atoms with Gasteiger partial charge < -0.3 is 5.32 Å². The Labute approximate surface area is 124 Å². The third-order valence-electron chi connectivity index (χ3n) is 2.60. The predicted molar refractivity (Wildman–Crippen MR) is 69.4 cm³/mol. The minimum absolute atomic E-state index is 0.102. The maximum Gasteiger partial charge on any atom is 0.471 e. The van der Waals surface area contributed by atoms with Gasteiger partial charge in [-0.2, -0.15) is 26.3 Å². The molecule has 1 N–H and O–H groups in total. The molecule has 1 heterocycles. The van der Waals surface area contributed by atoms with Crippen LogP contribution in [0.5, 0.6) is 0 Å². The fourth-order valence-corrected chi connectivity index (χ4v) is 2.62. The number of benzene rings is 1. The molecule has 22 heavy (non-hydrogen) atoms. The lowest BCUT2D eigenvalue weighted by Crippen LogP contribution is -2.29. The molecular formula is C13H7F6NOS. The van der Waals surface area contributed by atoms with E-state index in [0.717, 1.165) is 12.1 Å². The zero-order valence-electron chi connectivity index (χ0n) is 10.5. The topological polar surface area (TPSA) is 29.1 Å². The van der Waals surface area contributed by atoms with Crippen LogP contribution in [0.4, 0.5) is 31.3 Å². The molecule has 118 valence electrons. The van der Waals surface area contributed by atoms with E-state index in [1.54, 1.807) is 5.32 Å². The van der Waals surface area contributed by atoms with Gasteiger partial charge in [0.2, 0.25) is 0 Å². The first kappa shape index (κ1) is 16.3. The van der Waals surface area contributed by atoms with Crippen LogP contribution in [0.2, 0.25) is 0 Å². The number of rotatable bonds is 2. The average molecular weight is 339 g/mol. The van der Waals surface area contributed by atoms with Crippen LogP contribution in [-0.2, 0) is 11.0 Å². The number of anilines is 1. The number of thiophene rings is 1. The van der Waals surface area contributed by atoms with Crippen LogP contribution >= 0.6 is 11.3 Å². The van der Waals surface area contributed by atoms with E-state index >= 15 is 0 Å². The van der Waals surface area contributed by atoms with Crippen molar-refractivity contribution in [2.45, 2.75) is 12.4 Å². The van der Waals surface area contributed by atoms with Gasteiger partial charge in [0.1, 0.15) is 0 Å². The van der Waals surface area contributed by atoms with Crippen molar-refractivity contribution < 1.29 is 31.1 Å². The van der Waals surface area contributed by atoms with Crippen molar-refractivity contribution in [2.75, 3.05) is 5.32 Å². The standard InChI is InChI=1S/C13H7F6NOS/c14-12(15,16)8-4-2-1-3-7(8)9-5-6-10(22-9)20-11(21)13(17,18)19/h1-6H,(H,20,21). The van der Waals surface area contributed by atoms with Gasteiger partial charge in [-0.15, -0.1) is 11.3 Å². The SMILES string of the molecule is O=C(Nc1ccc(-c2ccccc2C(F)(F)F)s1)C(F)(F)F. The Morgan fingerprint density at radius 2 is 1.59 bits per heavy atom. The fourth-order valence-electron chi connectivity index (χ4n) is 1.68. The summed E-state index contributed by atoms with van der Waals surface area (Å²) in [6, 6.07) is 7.04. The second-order valence-corrected chi connectivity index (χ2v) is 5.24. The number of carbonyl (C=O) groups excluding carboxylic acids is 1. The molecule has 2 nitrogen and oxygen atoms in total. The molecule has 0 atom stereocenters.